The van der Waals surface area contributed by atoms with Crippen LogP contribution in [0.5, 0.6) is 0 Å². The number of carbonyl (C=O) groups excluding carboxylic acids is 2. The fourth-order valence-electron chi connectivity index (χ4n) is 2.89. The molecule has 8 nitrogen and oxygen atoms in total. The van der Waals surface area contributed by atoms with Crippen LogP contribution in [0.15, 0.2) is 48.5 Å². The zero-order chi connectivity index (χ0) is 18.1. The highest BCUT2D eigenvalue weighted by Gasteiger charge is 2.24. The van der Waals surface area contributed by atoms with Gasteiger partial charge in [0.2, 0.25) is 5.95 Å². The van der Waals surface area contributed by atoms with Crippen molar-refractivity contribution >= 4 is 34.7 Å². The number of fused-ring (bicyclic) bond motifs is 1. The van der Waals surface area contributed by atoms with Gasteiger partial charge in [0, 0.05) is 18.3 Å². The summed E-state index contributed by atoms with van der Waals surface area (Å²) < 4.78 is 6.78. The summed E-state index contributed by atoms with van der Waals surface area (Å²) in [5, 5.41) is 0. The van der Waals surface area contributed by atoms with E-state index in [1.54, 1.807) is 24.3 Å². The van der Waals surface area contributed by atoms with Crippen LogP contribution in [0.3, 0.4) is 0 Å². The summed E-state index contributed by atoms with van der Waals surface area (Å²) in [6, 6.07) is 14.5. The fourth-order valence-corrected chi connectivity index (χ4v) is 2.89. The number of nitrogens with zero attached hydrogens (tertiary/aromatic N) is 3. The van der Waals surface area contributed by atoms with Crippen LogP contribution < -0.4 is 15.8 Å². The Kier molecular flexibility index (Phi) is 3.92. The molecular weight excluding hydrogens is 334 g/mol. The lowest BCUT2D eigenvalue weighted by Crippen LogP contribution is -2.31. The molecule has 2 heterocycles. The predicted molar refractivity (Wildman–Crippen MR) is 96.9 cm³/mol. The lowest BCUT2D eigenvalue weighted by molar-refractivity contribution is 0.0962. The molecule has 3 aromatic rings. The van der Waals surface area contributed by atoms with Gasteiger partial charge in [-0.15, -0.1) is 0 Å². The van der Waals surface area contributed by atoms with E-state index in [2.05, 4.69) is 15.8 Å². The van der Waals surface area contributed by atoms with Crippen LogP contribution in [-0.4, -0.2) is 34.7 Å². The Morgan fingerprint density at radius 2 is 2.04 bits per heavy atom. The van der Waals surface area contributed by atoms with E-state index in [1.807, 2.05) is 35.9 Å². The Labute approximate surface area is 149 Å². The number of cyclic esters (lactones) is 1. The molecule has 0 radical (unpaired) electrons. The van der Waals surface area contributed by atoms with E-state index in [-0.39, 0.29) is 5.91 Å². The number of aryl methyl sites for hydroxylation is 1. The highest BCUT2D eigenvalue weighted by molar-refractivity contribution is 5.97. The third kappa shape index (κ3) is 2.81. The molecule has 4 rings (SSSR count). The van der Waals surface area contributed by atoms with Gasteiger partial charge in [-0.2, -0.15) is 0 Å². The number of benzene rings is 2. The Hall–Kier alpha value is -3.55. The molecule has 26 heavy (non-hydrogen) atoms. The molecular formula is C18H17N5O3. The molecule has 0 spiro atoms. The van der Waals surface area contributed by atoms with Crippen molar-refractivity contribution in [2.75, 3.05) is 23.5 Å². The van der Waals surface area contributed by atoms with Crippen molar-refractivity contribution in [3.63, 3.8) is 0 Å². The Morgan fingerprint density at radius 1 is 1.19 bits per heavy atom. The van der Waals surface area contributed by atoms with Crippen molar-refractivity contribution in [1.29, 1.82) is 0 Å². The SMILES string of the molecule is Cn1c(NNC(=O)c2cccc(N3CCOC3=O)c2)nc2ccccc21. The van der Waals surface area contributed by atoms with Gasteiger partial charge >= 0.3 is 6.09 Å². The second kappa shape index (κ2) is 6.40. The molecule has 2 aromatic carbocycles. The van der Waals surface area contributed by atoms with Gasteiger partial charge < -0.3 is 9.30 Å². The third-order valence-electron chi connectivity index (χ3n) is 4.26. The minimum Gasteiger partial charge on any atom is -0.447 e. The summed E-state index contributed by atoms with van der Waals surface area (Å²) in [6.07, 6.45) is -0.402. The molecule has 0 unspecified atom stereocenters. The molecule has 1 aromatic heterocycles. The number of para-hydroxylation sites is 2. The number of hydrazine groups is 1. The van der Waals surface area contributed by atoms with Crippen molar-refractivity contribution in [2.45, 2.75) is 0 Å². The second-order valence-corrected chi connectivity index (χ2v) is 5.88. The van der Waals surface area contributed by atoms with E-state index in [0.717, 1.165) is 11.0 Å². The molecule has 1 saturated heterocycles. The first-order chi connectivity index (χ1) is 12.6. The smallest absolute Gasteiger partial charge is 0.414 e. The Bertz CT molecular complexity index is 997. The lowest BCUT2D eigenvalue weighted by atomic mass is 10.2. The number of rotatable bonds is 4. The number of anilines is 2. The molecule has 8 heteroatoms. The van der Waals surface area contributed by atoms with Gasteiger partial charge in [0.15, 0.2) is 0 Å². The van der Waals surface area contributed by atoms with Gasteiger partial charge in [-0.05, 0) is 30.3 Å². The van der Waals surface area contributed by atoms with Gasteiger partial charge in [-0.3, -0.25) is 20.5 Å². The molecule has 0 saturated carbocycles. The van der Waals surface area contributed by atoms with Gasteiger partial charge in [0.05, 0.1) is 17.6 Å². The normalized spacial score (nSPS) is 13.7. The zero-order valence-electron chi connectivity index (χ0n) is 14.1. The lowest BCUT2D eigenvalue weighted by Gasteiger charge is -2.14. The van der Waals surface area contributed by atoms with Crippen LogP contribution in [0.1, 0.15) is 10.4 Å². The predicted octanol–water partition coefficient (Wildman–Crippen LogP) is 2.29. The van der Waals surface area contributed by atoms with Crippen LogP contribution in [-0.2, 0) is 11.8 Å². The standard InChI is InChI=1S/C18H17N5O3/c1-22-15-8-3-2-7-14(15)19-17(22)21-20-16(24)12-5-4-6-13(11-12)23-9-10-26-18(23)25/h2-8,11H,9-10H2,1H3,(H,19,21)(H,20,24). The van der Waals surface area contributed by atoms with E-state index in [1.165, 1.54) is 4.90 Å². The molecule has 0 aliphatic carbocycles. The van der Waals surface area contributed by atoms with Gasteiger partial charge in [-0.1, -0.05) is 18.2 Å². The first kappa shape index (κ1) is 15.9. The fraction of sp³-hybridized carbons (Fsp3) is 0.167. The van der Waals surface area contributed by atoms with E-state index < -0.39 is 6.09 Å². The molecule has 1 aliphatic rings. The summed E-state index contributed by atoms with van der Waals surface area (Å²) in [6.45, 7) is 0.825. The molecule has 1 fully saturated rings. The number of carbonyl (C=O) groups is 2. The number of imidazole rings is 1. The van der Waals surface area contributed by atoms with E-state index in [4.69, 9.17) is 4.74 Å². The average molecular weight is 351 g/mol. The van der Waals surface area contributed by atoms with Crippen LogP contribution >= 0.6 is 0 Å². The van der Waals surface area contributed by atoms with Crippen LogP contribution in [0.4, 0.5) is 16.4 Å². The summed E-state index contributed by atoms with van der Waals surface area (Å²) in [4.78, 5) is 30.0. The number of ether oxygens (including phenoxy) is 1. The molecule has 1 aliphatic heterocycles. The van der Waals surface area contributed by atoms with Crippen LogP contribution in [0.2, 0.25) is 0 Å². The maximum absolute atomic E-state index is 12.4. The van der Waals surface area contributed by atoms with E-state index in [0.29, 0.717) is 30.4 Å². The number of nitrogens with one attached hydrogen (secondary N) is 2. The molecule has 0 atom stereocenters. The second-order valence-electron chi connectivity index (χ2n) is 5.88. The maximum atomic E-state index is 12.4. The van der Waals surface area contributed by atoms with Crippen molar-refractivity contribution in [1.82, 2.24) is 15.0 Å². The average Bonchev–Trinajstić information content (AvgIpc) is 3.23. The van der Waals surface area contributed by atoms with Gasteiger partial charge in [0.25, 0.3) is 5.91 Å². The van der Waals surface area contributed by atoms with Crippen molar-refractivity contribution in [3.05, 3.63) is 54.1 Å². The molecule has 132 valence electrons. The van der Waals surface area contributed by atoms with Crippen molar-refractivity contribution < 1.29 is 14.3 Å². The van der Waals surface area contributed by atoms with Crippen molar-refractivity contribution in [3.8, 4) is 0 Å². The largest absolute Gasteiger partial charge is 0.447 e. The van der Waals surface area contributed by atoms with Crippen LogP contribution in [0, 0.1) is 0 Å². The van der Waals surface area contributed by atoms with E-state index in [9.17, 15) is 9.59 Å². The number of hydrogen-bond acceptors (Lipinski definition) is 5. The topological polar surface area (TPSA) is 88.5 Å². The van der Waals surface area contributed by atoms with Gasteiger partial charge in [-0.25, -0.2) is 9.78 Å². The molecule has 2 amide bonds. The minimum atomic E-state index is -0.402. The molecule has 0 bridgehead atoms. The van der Waals surface area contributed by atoms with Crippen LogP contribution in [0.25, 0.3) is 11.0 Å². The third-order valence-corrected chi connectivity index (χ3v) is 4.26. The summed E-state index contributed by atoms with van der Waals surface area (Å²) in [5.74, 6) is 0.199. The highest BCUT2D eigenvalue weighted by atomic mass is 16.6. The Balaban J connectivity index is 1.49. The summed E-state index contributed by atoms with van der Waals surface area (Å²) >= 11 is 0. The zero-order valence-corrected chi connectivity index (χ0v) is 14.1. The highest BCUT2D eigenvalue weighted by Crippen LogP contribution is 2.20. The first-order valence-corrected chi connectivity index (χ1v) is 8.15. The number of aromatic nitrogens is 2. The summed E-state index contributed by atoms with van der Waals surface area (Å²) in [7, 11) is 1.86. The summed E-state index contributed by atoms with van der Waals surface area (Å²) in [5.41, 5.74) is 8.33. The van der Waals surface area contributed by atoms with E-state index >= 15 is 0 Å². The first-order valence-electron chi connectivity index (χ1n) is 8.15. The van der Waals surface area contributed by atoms with Gasteiger partial charge in [0.1, 0.15) is 6.61 Å². The Morgan fingerprint density at radius 3 is 2.81 bits per heavy atom. The quantitative estimate of drug-likeness (QED) is 0.704. The number of hydrogen-bond donors (Lipinski definition) is 2. The maximum Gasteiger partial charge on any atom is 0.414 e. The monoisotopic (exact) mass is 351 g/mol. The minimum absolute atomic E-state index is 0.327. The van der Waals surface area contributed by atoms with Crippen molar-refractivity contribution in [2.24, 2.45) is 7.05 Å². The molecule has 2 N–H and O–H groups in total. The number of amides is 2.